The van der Waals surface area contributed by atoms with Gasteiger partial charge in [0.25, 0.3) is 0 Å². The normalized spacial score (nSPS) is 26.4. The lowest BCUT2D eigenvalue weighted by Crippen LogP contribution is -2.66. The number of aromatic hydroxyl groups is 2. The number of rotatable bonds is 4. The minimum atomic E-state index is -0.715. The Labute approximate surface area is 262 Å². The van der Waals surface area contributed by atoms with Crippen molar-refractivity contribution in [3.8, 4) is 23.0 Å². The van der Waals surface area contributed by atoms with Crippen molar-refractivity contribution < 1.29 is 34.4 Å². The predicted octanol–water partition coefficient (Wildman–Crippen LogP) is 5.66. The van der Waals surface area contributed by atoms with E-state index < -0.39 is 17.6 Å². The number of esters is 1. The Kier molecular flexibility index (Phi) is 7.89. The number of ketones is 1. The van der Waals surface area contributed by atoms with Crippen LogP contribution in [0.2, 0.25) is 0 Å². The van der Waals surface area contributed by atoms with Crippen molar-refractivity contribution in [3.05, 3.63) is 107 Å². The second-order valence-electron chi connectivity index (χ2n) is 11.9. The molecule has 1 fully saturated rings. The van der Waals surface area contributed by atoms with Crippen LogP contribution in [0.15, 0.2) is 85.0 Å². The molecule has 0 amide bonds. The van der Waals surface area contributed by atoms with Crippen LogP contribution in [0.4, 0.5) is 0 Å². The molecule has 7 rings (SSSR count). The number of nitrogens with zero attached hydrogens (tertiary/aromatic N) is 1. The summed E-state index contributed by atoms with van der Waals surface area (Å²) in [5.41, 5.74) is 5.28. The van der Waals surface area contributed by atoms with Crippen LogP contribution in [-0.2, 0) is 10.2 Å². The minimum absolute atomic E-state index is 0.0114. The first-order valence-electron chi connectivity index (χ1n) is 15.2. The van der Waals surface area contributed by atoms with Gasteiger partial charge < -0.3 is 24.8 Å². The van der Waals surface area contributed by atoms with Crippen LogP contribution in [-0.4, -0.2) is 63.8 Å². The number of carbonyl (C=O) groups excluding carboxylic acids is 2. The van der Waals surface area contributed by atoms with E-state index in [9.17, 15) is 24.9 Å². The summed E-state index contributed by atoms with van der Waals surface area (Å²) in [4.78, 5) is 26.1. The number of phenolic OH excluding ortho intramolecular Hbond substituents is 2. The number of hydrogen-bond acceptors (Lipinski definition) is 8. The highest BCUT2D eigenvalue weighted by Gasteiger charge is 2.66. The summed E-state index contributed by atoms with van der Waals surface area (Å²) in [5.74, 6) is 0.972. The standard InChI is InChI=1S/C20H20O3.C17H17NO4/c1-4-19(15-6-10-17(22)11-7-15)20(5-2)16-8-12-18(13-9-16)23-14(3)21;1-18-7-6-17-9-3-5-11(20)16(17)22-15-10(19)4-2-8(12(15)17)14(21)13(9)18/h4-13,22H,1-3H3;2-5,9,11,13,16,19-20H,6-7H2,1H3/b19-4+,20-5+;/t;9-,11-,13-,16-,17-/m.0/s1. The third-order valence-corrected chi connectivity index (χ3v) is 9.48. The molecule has 2 aliphatic carbocycles. The first-order valence-corrected chi connectivity index (χ1v) is 15.2. The topological polar surface area (TPSA) is 117 Å². The zero-order chi connectivity index (χ0) is 32.0. The second-order valence-corrected chi connectivity index (χ2v) is 11.9. The van der Waals surface area contributed by atoms with Gasteiger partial charge in [-0.15, -0.1) is 0 Å². The van der Waals surface area contributed by atoms with Crippen LogP contribution in [0.5, 0.6) is 23.0 Å². The third kappa shape index (κ3) is 4.94. The number of piperidine rings is 1. The molecular weight excluding hydrogens is 570 g/mol. The molecule has 4 aliphatic rings. The summed E-state index contributed by atoms with van der Waals surface area (Å²) in [6.07, 6.45) is 7.48. The number of ether oxygens (including phenoxy) is 2. The molecule has 1 spiro atoms. The molecule has 0 radical (unpaired) electrons. The number of aliphatic hydroxyl groups is 1. The average Bonchev–Trinajstić information content (AvgIpc) is 3.38. The molecule has 45 heavy (non-hydrogen) atoms. The molecule has 8 heteroatoms. The molecule has 2 heterocycles. The molecule has 0 saturated carbocycles. The van der Waals surface area contributed by atoms with Crippen molar-refractivity contribution >= 4 is 22.9 Å². The van der Waals surface area contributed by atoms with Crippen LogP contribution in [0, 0.1) is 5.92 Å². The molecule has 3 aromatic carbocycles. The van der Waals surface area contributed by atoms with E-state index in [2.05, 4.69) is 4.90 Å². The second kappa shape index (κ2) is 11.7. The Morgan fingerprint density at radius 2 is 1.58 bits per heavy atom. The maximum Gasteiger partial charge on any atom is 0.308 e. The Hall–Kier alpha value is -4.66. The number of allylic oxidation sites excluding steroid dienone is 4. The molecule has 0 unspecified atom stereocenters. The van der Waals surface area contributed by atoms with Crippen molar-refractivity contribution in [1.29, 1.82) is 0 Å². The van der Waals surface area contributed by atoms with Crippen LogP contribution in [0.1, 0.15) is 54.2 Å². The van der Waals surface area contributed by atoms with E-state index in [4.69, 9.17) is 9.47 Å². The summed E-state index contributed by atoms with van der Waals surface area (Å²) < 4.78 is 11.0. The van der Waals surface area contributed by atoms with E-state index >= 15 is 0 Å². The Bertz CT molecular complexity index is 1740. The van der Waals surface area contributed by atoms with Crippen LogP contribution < -0.4 is 9.47 Å². The lowest BCUT2D eigenvalue weighted by molar-refractivity contribution is -0.131. The van der Waals surface area contributed by atoms with Gasteiger partial charge >= 0.3 is 5.97 Å². The number of likely N-dealkylation sites (N-methyl/N-ethyl adjacent to an activating group) is 1. The predicted molar refractivity (Wildman–Crippen MR) is 171 cm³/mol. The first-order chi connectivity index (χ1) is 21.6. The summed E-state index contributed by atoms with van der Waals surface area (Å²) in [5, 5.41) is 30.1. The Morgan fingerprint density at radius 3 is 2.18 bits per heavy atom. The minimum Gasteiger partial charge on any atom is -0.508 e. The van der Waals surface area contributed by atoms with Gasteiger partial charge in [-0.3, -0.25) is 14.5 Å². The lowest BCUT2D eigenvalue weighted by Gasteiger charge is -2.55. The van der Waals surface area contributed by atoms with Gasteiger partial charge in [-0.05, 0) is 92.5 Å². The Morgan fingerprint density at radius 1 is 0.956 bits per heavy atom. The summed E-state index contributed by atoms with van der Waals surface area (Å²) in [7, 11) is 1.98. The number of phenols is 2. The van der Waals surface area contributed by atoms with Gasteiger partial charge in [0, 0.05) is 29.4 Å². The van der Waals surface area contributed by atoms with Crippen LogP contribution in [0.3, 0.4) is 0 Å². The summed E-state index contributed by atoms with van der Waals surface area (Å²) in [6.45, 7) is 6.13. The van der Waals surface area contributed by atoms with Crippen molar-refractivity contribution in [3.63, 3.8) is 0 Å². The van der Waals surface area contributed by atoms with Gasteiger partial charge in [0.1, 0.15) is 23.7 Å². The molecule has 5 atom stereocenters. The molecular formula is C37H37NO7. The van der Waals surface area contributed by atoms with Gasteiger partial charge in [-0.2, -0.15) is 0 Å². The maximum atomic E-state index is 13.0. The molecule has 3 aromatic rings. The molecule has 2 bridgehead atoms. The van der Waals surface area contributed by atoms with E-state index in [0.717, 1.165) is 40.8 Å². The number of carbonyl (C=O) groups is 2. The zero-order valence-electron chi connectivity index (χ0n) is 25.7. The van der Waals surface area contributed by atoms with Crippen molar-refractivity contribution in [2.75, 3.05) is 13.6 Å². The highest BCUT2D eigenvalue weighted by molar-refractivity contribution is 6.06. The van der Waals surface area contributed by atoms with E-state index in [1.165, 1.54) is 13.0 Å². The quantitative estimate of drug-likeness (QED) is 0.151. The van der Waals surface area contributed by atoms with Crippen molar-refractivity contribution in [1.82, 2.24) is 4.90 Å². The van der Waals surface area contributed by atoms with E-state index in [-0.39, 0.29) is 35.2 Å². The Balaban J connectivity index is 0.000000159. The van der Waals surface area contributed by atoms with E-state index in [1.54, 1.807) is 36.4 Å². The number of likely N-dealkylation sites (tertiary alicyclic amines) is 1. The molecule has 8 nitrogen and oxygen atoms in total. The number of Topliss-reactive ketones (excluding diaryl/α,β-unsaturated/α-hetero) is 1. The molecule has 2 aliphatic heterocycles. The van der Waals surface area contributed by atoms with Gasteiger partial charge in [0.05, 0.1) is 6.04 Å². The largest absolute Gasteiger partial charge is 0.508 e. The molecule has 0 aromatic heterocycles. The first kappa shape index (κ1) is 30.4. The van der Waals surface area contributed by atoms with Gasteiger partial charge in [-0.25, -0.2) is 0 Å². The molecule has 3 N–H and O–H groups in total. The maximum absolute atomic E-state index is 13.0. The fourth-order valence-corrected chi connectivity index (χ4v) is 7.55. The van der Waals surface area contributed by atoms with E-state index in [1.807, 2.05) is 63.4 Å². The van der Waals surface area contributed by atoms with Gasteiger partial charge in [0.15, 0.2) is 17.3 Å². The summed E-state index contributed by atoms with van der Waals surface area (Å²) in [6, 6.07) is 17.6. The fraction of sp³-hybridized carbons (Fsp3) is 0.297. The average molecular weight is 608 g/mol. The number of benzene rings is 3. The third-order valence-electron chi connectivity index (χ3n) is 9.48. The van der Waals surface area contributed by atoms with Gasteiger partial charge in [0.2, 0.25) is 0 Å². The van der Waals surface area contributed by atoms with Crippen LogP contribution >= 0.6 is 0 Å². The van der Waals surface area contributed by atoms with Crippen molar-refractivity contribution in [2.24, 2.45) is 5.92 Å². The lowest BCUT2D eigenvalue weighted by atomic mass is 9.53. The highest BCUT2D eigenvalue weighted by atomic mass is 16.5. The smallest absolute Gasteiger partial charge is 0.308 e. The molecule has 232 valence electrons. The van der Waals surface area contributed by atoms with Crippen LogP contribution in [0.25, 0.3) is 11.1 Å². The number of hydrogen-bond donors (Lipinski definition) is 3. The van der Waals surface area contributed by atoms with Crippen molar-refractivity contribution in [2.45, 2.75) is 50.9 Å². The summed E-state index contributed by atoms with van der Waals surface area (Å²) >= 11 is 0. The molecule has 1 saturated heterocycles. The van der Waals surface area contributed by atoms with E-state index in [0.29, 0.717) is 17.1 Å². The SMILES string of the molecule is C/C=C(/C(=C/C)c1ccc(OC(C)=O)cc1)c1ccc(O)cc1.CN1CC[C@]23c4c5ccc(O)c4O[C@H]2[C@@H](O)C=C[C@H]3[C@H]1C5=O. The highest BCUT2D eigenvalue weighted by Crippen LogP contribution is 2.62. The zero-order valence-corrected chi connectivity index (χ0v) is 25.7. The fourth-order valence-electron chi connectivity index (χ4n) is 7.55. The van der Waals surface area contributed by atoms with Gasteiger partial charge in [-0.1, -0.05) is 48.6 Å². The number of aliphatic hydroxyl groups excluding tert-OH is 1. The monoisotopic (exact) mass is 607 g/mol.